The predicted octanol–water partition coefficient (Wildman–Crippen LogP) is 3.52. The third kappa shape index (κ3) is 1.94. The fourth-order valence-electron chi connectivity index (χ4n) is 1.12. The van der Waals surface area contributed by atoms with Crippen molar-refractivity contribution in [2.45, 2.75) is 5.88 Å². The van der Waals surface area contributed by atoms with Crippen molar-refractivity contribution in [3.8, 4) is 11.4 Å². The Balaban J connectivity index is 2.52. The largest absolute Gasteiger partial charge is 0.338 e. The number of aromatic nitrogens is 2. The molecule has 16 heavy (non-hydrogen) atoms. The van der Waals surface area contributed by atoms with Crippen LogP contribution >= 0.6 is 27.5 Å². The van der Waals surface area contributed by atoms with Gasteiger partial charge in [0.2, 0.25) is 11.7 Å². The molecule has 0 aliphatic carbocycles. The van der Waals surface area contributed by atoms with Gasteiger partial charge in [-0.05, 0) is 28.1 Å². The van der Waals surface area contributed by atoms with Crippen LogP contribution in [0.15, 0.2) is 21.1 Å². The lowest BCUT2D eigenvalue weighted by Gasteiger charge is -2.00. The normalized spacial score (nSPS) is 10.8. The van der Waals surface area contributed by atoms with E-state index in [-0.39, 0.29) is 22.1 Å². The van der Waals surface area contributed by atoms with E-state index >= 15 is 0 Å². The molecular weight excluding hydrogens is 305 g/mol. The molecule has 0 amide bonds. The first-order valence-corrected chi connectivity index (χ1v) is 5.48. The molecule has 1 heterocycles. The van der Waals surface area contributed by atoms with Gasteiger partial charge in [0.1, 0.15) is 5.88 Å². The third-order valence-corrected chi connectivity index (χ3v) is 2.86. The highest BCUT2D eigenvalue weighted by Gasteiger charge is 2.16. The molecular formula is C9H4BrClF2N2O. The van der Waals surface area contributed by atoms with Crippen molar-refractivity contribution in [3.63, 3.8) is 0 Å². The Morgan fingerprint density at radius 1 is 1.38 bits per heavy atom. The average molecular weight is 309 g/mol. The fraction of sp³-hybridized carbons (Fsp3) is 0.111. The second-order valence-electron chi connectivity index (χ2n) is 2.87. The van der Waals surface area contributed by atoms with Crippen molar-refractivity contribution in [2.75, 3.05) is 0 Å². The molecule has 84 valence electrons. The monoisotopic (exact) mass is 308 g/mol. The zero-order chi connectivity index (χ0) is 11.7. The summed E-state index contributed by atoms with van der Waals surface area (Å²) in [6.07, 6.45) is 0. The summed E-state index contributed by atoms with van der Waals surface area (Å²) in [5.74, 6) is -1.50. The van der Waals surface area contributed by atoms with Gasteiger partial charge >= 0.3 is 0 Å². The van der Waals surface area contributed by atoms with Crippen LogP contribution in [0.2, 0.25) is 0 Å². The summed E-state index contributed by atoms with van der Waals surface area (Å²) >= 11 is 8.41. The average Bonchev–Trinajstić information content (AvgIpc) is 2.74. The van der Waals surface area contributed by atoms with Gasteiger partial charge in [-0.1, -0.05) is 5.16 Å². The van der Waals surface area contributed by atoms with Crippen LogP contribution in [0.4, 0.5) is 8.78 Å². The van der Waals surface area contributed by atoms with Crippen LogP contribution in [0.5, 0.6) is 0 Å². The van der Waals surface area contributed by atoms with Crippen molar-refractivity contribution in [1.29, 1.82) is 0 Å². The van der Waals surface area contributed by atoms with Gasteiger partial charge in [-0.3, -0.25) is 0 Å². The first kappa shape index (κ1) is 11.5. The Bertz CT molecular complexity index is 532. The molecule has 2 rings (SSSR count). The van der Waals surface area contributed by atoms with Gasteiger partial charge in [0.25, 0.3) is 0 Å². The number of benzene rings is 1. The van der Waals surface area contributed by atoms with E-state index in [1.165, 1.54) is 6.07 Å². The summed E-state index contributed by atoms with van der Waals surface area (Å²) in [7, 11) is 0. The predicted molar refractivity (Wildman–Crippen MR) is 56.9 cm³/mol. The van der Waals surface area contributed by atoms with Gasteiger partial charge in [-0.2, -0.15) is 4.98 Å². The molecule has 0 saturated carbocycles. The summed E-state index contributed by atoms with van der Waals surface area (Å²) in [6.45, 7) is 0. The first-order valence-electron chi connectivity index (χ1n) is 4.16. The van der Waals surface area contributed by atoms with Crippen LogP contribution in [0.25, 0.3) is 11.4 Å². The van der Waals surface area contributed by atoms with Crippen molar-refractivity contribution in [2.24, 2.45) is 0 Å². The molecule has 1 aromatic carbocycles. The third-order valence-electron chi connectivity index (χ3n) is 1.86. The molecule has 2 aromatic rings. The smallest absolute Gasteiger partial charge is 0.241 e. The summed E-state index contributed by atoms with van der Waals surface area (Å²) in [6, 6.07) is 2.34. The molecule has 0 bridgehead atoms. The fourth-order valence-corrected chi connectivity index (χ4v) is 1.72. The highest BCUT2D eigenvalue weighted by atomic mass is 79.9. The number of halogens is 4. The highest BCUT2D eigenvalue weighted by Crippen LogP contribution is 2.29. The number of alkyl halides is 1. The second-order valence-corrected chi connectivity index (χ2v) is 3.93. The van der Waals surface area contributed by atoms with E-state index < -0.39 is 11.6 Å². The Hall–Kier alpha value is -1.01. The maximum Gasteiger partial charge on any atom is 0.241 e. The number of hydrogen-bond acceptors (Lipinski definition) is 3. The van der Waals surface area contributed by atoms with Gasteiger partial charge in [0.05, 0.1) is 4.47 Å². The first-order chi connectivity index (χ1) is 7.63. The van der Waals surface area contributed by atoms with Crippen LogP contribution in [-0.2, 0) is 5.88 Å². The van der Waals surface area contributed by atoms with Crippen LogP contribution in [0.3, 0.4) is 0 Å². The van der Waals surface area contributed by atoms with Crippen LogP contribution in [-0.4, -0.2) is 10.1 Å². The Morgan fingerprint density at radius 2 is 2.12 bits per heavy atom. The van der Waals surface area contributed by atoms with E-state index in [1.807, 2.05) is 0 Å². The van der Waals surface area contributed by atoms with Crippen LogP contribution in [0.1, 0.15) is 5.89 Å². The molecule has 0 aliphatic heterocycles. The minimum atomic E-state index is -0.991. The summed E-state index contributed by atoms with van der Waals surface area (Å²) < 4.78 is 30.8. The highest BCUT2D eigenvalue weighted by molar-refractivity contribution is 9.10. The van der Waals surface area contributed by atoms with E-state index in [9.17, 15) is 8.78 Å². The molecule has 0 aliphatic rings. The topological polar surface area (TPSA) is 38.9 Å². The standard InChI is InChI=1S/C9H4BrClF2N2O/c10-7-4(1-2-5(12)8(7)13)9-14-6(3-11)16-15-9/h1-2H,3H2. The van der Waals surface area contributed by atoms with E-state index in [2.05, 4.69) is 26.1 Å². The Kier molecular flexibility index (Phi) is 3.20. The number of rotatable bonds is 2. The number of hydrogen-bond donors (Lipinski definition) is 0. The molecule has 0 radical (unpaired) electrons. The van der Waals surface area contributed by atoms with E-state index in [1.54, 1.807) is 0 Å². The lowest BCUT2D eigenvalue weighted by molar-refractivity contribution is 0.391. The maximum atomic E-state index is 13.2. The quantitative estimate of drug-likeness (QED) is 0.629. The zero-order valence-electron chi connectivity index (χ0n) is 7.68. The Morgan fingerprint density at radius 3 is 2.75 bits per heavy atom. The molecule has 0 unspecified atom stereocenters. The summed E-state index contributed by atoms with van der Waals surface area (Å²) in [5, 5.41) is 3.60. The SMILES string of the molecule is Fc1ccc(-c2noc(CCl)n2)c(Br)c1F. The zero-order valence-corrected chi connectivity index (χ0v) is 10.0. The van der Waals surface area contributed by atoms with Gasteiger partial charge in [-0.25, -0.2) is 8.78 Å². The molecule has 0 atom stereocenters. The minimum absolute atomic E-state index is 0.0468. The molecule has 0 fully saturated rings. The van der Waals surface area contributed by atoms with Gasteiger partial charge < -0.3 is 4.52 Å². The molecule has 0 spiro atoms. The second kappa shape index (κ2) is 4.47. The number of nitrogens with zero attached hydrogens (tertiary/aromatic N) is 2. The molecule has 0 saturated heterocycles. The maximum absolute atomic E-state index is 13.2. The lowest BCUT2D eigenvalue weighted by atomic mass is 10.2. The minimum Gasteiger partial charge on any atom is -0.338 e. The summed E-state index contributed by atoms with van der Waals surface area (Å²) in [5.41, 5.74) is 0.305. The molecule has 1 aromatic heterocycles. The van der Waals surface area contributed by atoms with E-state index in [4.69, 9.17) is 16.1 Å². The van der Waals surface area contributed by atoms with E-state index in [0.717, 1.165) is 6.07 Å². The molecule has 3 nitrogen and oxygen atoms in total. The Labute approximate surface area is 103 Å². The van der Waals surface area contributed by atoms with Crippen LogP contribution < -0.4 is 0 Å². The van der Waals surface area contributed by atoms with Gasteiger partial charge in [0, 0.05) is 5.56 Å². The van der Waals surface area contributed by atoms with Gasteiger partial charge in [-0.15, -0.1) is 11.6 Å². The molecule has 0 N–H and O–H groups in total. The lowest BCUT2D eigenvalue weighted by Crippen LogP contribution is -1.90. The van der Waals surface area contributed by atoms with Crippen molar-refractivity contribution < 1.29 is 13.3 Å². The van der Waals surface area contributed by atoms with Crippen molar-refractivity contribution in [3.05, 3.63) is 34.1 Å². The molecule has 7 heteroatoms. The van der Waals surface area contributed by atoms with Gasteiger partial charge in [0.15, 0.2) is 11.6 Å². The van der Waals surface area contributed by atoms with E-state index in [0.29, 0.717) is 5.56 Å². The summed E-state index contributed by atoms with van der Waals surface area (Å²) in [4.78, 5) is 3.90. The van der Waals surface area contributed by atoms with Crippen LogP contribution in [0, 0.1) is 11.6 Å². The van der Waals surface area contributed by atoms with Crippen molar-refractivity contribution >= 4 is 27.5 Å². The van der Waals surface area contributed by atoms with Crippen molar-refractivity contribution in [1.82, 2.24) is 10.1 Å².